The Bertz CT molecular complexity index is 682. The molecule has 7 heteroatoms. The van der Waals surface area contributed by atoms with E-state index in [2.05, 4.69) is 9.72 Å². The molecule has 0 aliphatic carbocycles. The van der Waals surface area contributed by atoms with Crippen molar-refractivity contribution in [3.05, 3.63) is 53.5 Å². The largest absolute Gasteiger partial charge is 0.464 e. The second-order valence-electron chi connectivity index (χ2n) is 4.85. The van der Waals surface area contributed by atoms with Gasteiger partial charge in [0.05, 0.1) is 13.7 Å². The number of hydrogen-bond acceptors (Lipinski definition) is 5. The maximum atomic E-state index is 13.0. The fraction of sp³-hybridized carbons (Fsp3) is 0.312. The normalized spacial score (nSPS) is 10.4. The number of methoxy groups -OCH3 is 1. The molecule has 1 heterocycles. The standard InChI is InChI=1S/C16H17FN2O4/c1-3-8-19(15(20)11-4-6-12(17)7-5-11)9-14-18-13(10-23-14)16(21)22-2/h4-7,10H,3,8-9H2,1-2H3. The summed E-state index contributed by atoms with van der Waals surface area (Å²) in [6.07, 6.45) is 1.92. The highest BCUT2D eigenvalue weighted by Gasteiger charge is 2.19. The number of hydrogen-bond donors (Lipinski definition) is 0. The highest BCUT2D eigenvalue weighted by atomic mass is 19.1. The van der Waals surface area contributed by atoms with Crippen LogP contribution in [0.25, 0.3) is 0 Å². The fourth-order valence-corrected chi connectivity index (χ4v) is 2.04. The van der Waals surface area contributed by atoms with Crippen molar-refractivity contribution in [2.75, 3.05) is 13.7 Å². The minimum atomic E-state index is -0.605. The number of halogens is 1. The van der Waals surface area contributed by atoms with Crippen molar-refractivity contribution in [2.45, 2.75) is 19.9 Å². The summed E-state index contributed by atoms with van der Waals surface area (Å²) in [6, 6.07) is 5.32. The van der Waals surface area contributed by atoms with Gasteiger partial charge in [-0.1, -0.05) is 6.92 Å². The van der Waals surface area contributed by atoms with Gasteiger partial charge in [-0.15, -0.1) is 0 Å². The number of oxazole rings is 1. The van der Waals surface area contributed by atoms with Crippen LogP contribution in [0.5, 0.6) is 0 Å². The Labute approximate surface area is 132 Å². The number of rotatable bonds is 6. The third-order valence-electron chi connectivity index (χ3n) is 3.14. The van der Waals surface area contributed by atoms with E-state index in [4.69, 9.17) is 4.42 Å². The van der Waals surface area contributed by atoms with Crippen LogP contribution in [0, 0.1) is 5.82 Å². The molecule has 0 fully saturated rings. The van der Waals surface area contributed by atoms with Gasteiger partial charge in [-0.3, -0.25) is 4.79 Å². The van der Waals surface area contributed by atoms with Crippen LogP contribution >= 0.6 is 0 Å². The lowest BCUT2D eigenvalue weighted by Gasteiger charge is -2.20. The van der Waals surface area contributed by atoms with Crippen molar-refractivity contribution >= 4 is 11.9 Å². The Balaban J connectivity index is 2.14. The summed E-state index contributed by atoms with van der Waals surface area (Å²) in [5, 5.41) is 0. The van der Waals surface area contributed by atoms with E-state index in [1.807, 2.05) is 6.92 Å². The molecule has 1 amide bonds. The Morgan fingerprint density at radius 2 is 2.00 bits per heavy atom. The lowest BCUT2D eigenvalue weighted by molar-refractivity contribution is 0.0594. The van der Waals surface area contributed by atoms with Gasteiger partial charge in [0.15, 0.2) is 5.69 Å². The van der Waals surface area contributed by atoms with E-state index in [1.165, 1.54) is 42.5 Å². The van der Waals surface area contributed by atoms with E-state index in [1.54, 1.807) is 0 Å². The van der Waals surface area contributed by atoms with Crippen LogP contribution in [0.15, 0.2) is 34.9 Å². The van der Waals surface area contributed by atoms with E-state index in [0.29, 0.717) is 12.1 Å². The van der Waals surface area contributed by atoms with Crippen molar-refractivity contribution in [3.8, 4) is 0 Å². The highest BCUT2D eigenvalue weighted by Crippen LogP contribution is 2.12. The number of ether oxygens (including phenoxy) is 1. The second kappa shape index (κ2) is 7.53. The molecule has 0 aliphatic rings. The predicted octanol–water partition coefficient (Wildman–Crippen LogP) is 2.65. The number of amides is 1. The minimum absolute atomic E-state index is 0.0492. The first-order valence-corrected chi connectivity index (χ1v) is 7.12. The summed E-state index contributed by atoms with van der Waals surface area (Å²) >= 11 is 0. The van der Waals surface area contributed by atoms with Gasteiger partial charge in [-0.25, -0.2) is 14.2 Å². The van der Waals surface area contributed by atoms with E-state index >= 15 is 0 Å². The zero-order valence-electron chi connectivity index (χ0n) is 12.9. The molecule has 0 aliphatic heterocycles. The van der Waals surface area contributed by atoms with E-state index in [-0.39, 0.29) is 24.0 Å². The van der Waals surface area contributed by atoms with Crippen LogP contribution in [0.4, 0.5) is 4.39 Å². The Morgan fingerprint density at radius 3 is 2.61 bits per heavy atom. The first kappa shape index (κ1) is 16.7. The maximum Gasteiger partial charge on any atom is 0.360 e. The minimum Gasteiger partial charge on any atom is -0.464 e. The van der Waals surface area contributed by atoms with Crippen molar-refractivity contribution in [1.29, 1.82) is 0 Å². The van der Waals surface area contributed by atoms with E-state index < -0.39 is 11.8 Å². The summed E-state index contributed by atoms with van der Waals surface area (Å²) in [5.41, 5.74) is 0.424. The molecule has 23 heavy (non-hydrogen) atoms. The van der Waals surface area contributed by atoms with Crippen LogP contribution in [-0.2, 0) is 11.3 Å². The molecule has 0 spiro atoms. The third-order valence-corrected chi connectivity index (χ3v) is 3.14. The summed E-state index contributed by atoms with van der Waals surface area (Å²) < 4.78 is 22.7. The van der Waals surface area contributed by atoms with Gasteiger partial charge in [0.25, 0.3) is 5.91 Å². The topological polar surface area (TPSA) is 72.6 Å². The van der Waals surface area contributed by atoms with Gasteiger partial charge >= 0.3 is 5.97 Å². The Hall–Kier alpha value is -2.70. The predicted molar refractivity (Wildman–Crippen MR) is 79.3 cm³/mol. The van der Waals surface area contributed by atoms with Crippen molar-refractivity contribution in [1.82, 2.24) is 9.88 Å². The molecule has 2 aromatic rings. The number of nitrogens with zero attached hydrogens (tertiary/aromatic N) is 2. The molecule has 6 nitrogen and oxygen atoms in total. The first-order valence-electron chi connectivity index (χ1n) is 7.12. The number of esters is 1. The zero-order valence-corrected chi connectivity index (χ0v) is 12.9. The number of carbonyl (C=O) groups is 2. The maximum absolute atomic E-state index is 13.0. The summed E-state index contributed by atoms with van der Waals surface area (Å²) in [6.45, 7) is 2.52. The van der Waals surface area contributed by atoms with Crippen LogP contribution in [0.3, 0.4) is 0 Å². The van der Waals surface area contributed by atoms with Gasteiger partial charge in [0.2, 0.25) is 5.89 Å². The Kier molecular flexibility index (Phi) is 5.46. The van der Waals surface area contributed by atoms with Gasteiger partial charge in [0, 0.05) is 12.1 Å². The number of aromatic nitrogens is 1. The monoisotopic (exact) mass is 320 g/mol. The molecule has 0 N–H and O–H groups in total. The second-order valence-corrected chi connectivity index (χ2v) is 4.85. The summed E-state index contributed by atoms with van der Waals surface area (Å²) in [5.74, 6) is -1.04. The Morgan fingerprint density at radius 1 is 1.30 bits per heavy atom. The lowest BCUT2D eigenvalue weighted by atomic mass is 10.2. The van der Waals surface area contributed by atoms with Gasteiger partial charge in [-0.2, -0.15) is 0 Å². The zero-order chi connectivity index (χ0) is 16.8. The van der Waals surface area contributed by atoms with E-state index in [9.17, 15) is 14.0 Å². The van der Waals surface area contributed by atoms with Crippen molar-refractivity contribution in [2.24, 2.45) is 0 Å². The summed E-state index contributed by atoms with van der Waals surface area (Å²) in [4.78, 5) is 29.4. The molecular formula is C16H17FN2O4. The molecule has 0 radical (unpaired) electrons. The molecule has 0 saturated heterocycles. The van der Waals surface area contributed by atoms with Gasteiger partial charge < -0.3 is 14.1 Å². The lowest BCUT2D eigenvalue weighted by Crippen LogP contribution is -2.31. The SMILES string of the molecule is CCCN(Cc1nc(C(=O)OC)co1)C(=O)c1ccc(F)cc1. The molecule has 0 bridgehead atoms. The third kappa shape index (κ3) is 4.15. The molecule has 2 rings (SSSR count). The van der Waals surface area contributed by atoms with Crippen LogP contribution in [-0.4, -0.2) is 35.4 Å². The smallest absolute Gasteiger partial charge is 0.360 e. The average molecular weight is 320 g/mol. The molecular weight excluding hydrogens is 303 g/mol. The van der Waals surface area contributed by atoms with Crippen LogP contribution in [0.2, 0.25) is 0 Å². The average Bonchev–Trinajstić information content (AvgIpc) is 3.02. The quantitative estimate of drug-likeness (QED) is 0.765. The molecule has 122 valence electrons. The molecule has 1 aromatic carbocycles. The van der Waals surface area contributed by atoms with Crippen LogP contribution < -0.4 is 0 Å². The van der Waals surface area contributed by atoms with Gasteiger partial charge in [-0.05, 0) is 30.7 Å². The molecule has 0 atom stereocenters. The first-order chi connectivity index (χ1) is 11.0. The van der Waals surface area contributed by atoms with E-state index in [0.717, 1.165) is 6.42 Å². The summed E-state index contributed by atoms with van der Waals surface area (Å²) in [7, 11) is 1.25. The number of benzene rings is 1. The molecule has 0 saturated carbocycles. The van der Waals surface area contributed by atoms with Gasteiger partial charge in [0.1, 0.15) is 12.1 Å². The fourth-order valence-electron chi connectivity index (χ4n) is 2.04. The highest BCUT2D eigenvalue weighted by molar-refractivity contribution is 5.94. The molecule has 1 aromatic heterocycles. The number of carbonyl (C=O) groups excluding carboxylic acids is 2. The van der Waals surface area contributed by atoms with Crippen LogP contribution in [0.1, 0.15) is 40.1 Å². The van der Waals surface area contributed by atoms with Crippen molar-refractivity contribution < 1.29 is 23.1 Å². The van der Waals surface area contributed by atoms with Crippen molar-refractivity contribution in [3.63, 3.8) is 0 Å². The molecule has 0 unspecified atom stereocenters.